The zero-order chi connectivity index (χ0) is 43.9. The van der Waals surface area contributed by atoms with Gasteiger partial charge < -0.3 is 74.7 Å². The molecule has 22 heteroatoms. The van der Waals surface area contributed by atoms with Crippen LogP contribution in [-0.4, -0.2) is 201 Å². The Labute approximate surface area is 348 Å². The Balaban J connectivity index is 1.33. The largest absolute Gasteiger partial charge is 0.390 e. The first-order valence-corrected chi connectivity index (χ1v) is 19.9. The van der Waals surface area contributed by atoms with Gasteiger partial charge in [-0.1, -0.05) is 30.3 Å². The van der Waals surface area contributed by atoms with Crippen molar-refractivity contribution in [1.29, 1.82) is 0 Å². The van der Waals surface area contributed by atoms with E-state index in [9.17, 15) is 49.5 Å². The van der Waals surface area contributed by atoms with Crippen molar-refractivity contribution >= 4 is 29.9 Å². The first-order chi connectivity index (χ1) is 28.8. The van der Waals surface area contributed by atoms with Gasteiger partial charge in [0.1, 0.15) is 30.7 Å². The number of aldehydes is 1. The molecule has 1 aromatic carbocycles. The molecule has 10 atom stereocenters. The Morgan fingerprint density at radius 3 is 1.85 bits per heavy atom. The molecule has 22 nitrogen and oxygen atoms in total. The number of nitrogens with zero attached hydrogens (tertiary/aromatic N) is 1. The number of amides is 4. The molecule has 340 valence electrons. The number of hydrogen-bond donors (Lipinski definition) is 10. The quantitative estimate of drug-likeness (QED) is 0.0215. The van der Waals surface area contributed by atoms with E-state index in [-0.39, 0.29) is 97.7 Å². The number of nitrogens with one attached hydrogen (secondary N) is 5. The lowest BCUT2D eigenvalue weighted by Gasteiger charge is -2.38. The van der Waals surface area contributed by atoms with Crippen LogP contribution in [0, 0.1) is 0 Å². The molecule has 0 bridgehead atoms. The molecular formula is C38H62N6O16. The average Bonchev–Trinajstić information content (AvgIpc) is 3.22. The van der Waals surface area contributed by atoms with Crippen molar-refractivity contribution in [2.45, 2.75) is 94.5 Å². The lowest BCUT2D eigenvalue weighted by Crippen LogP contribution is -2.57. The van der Waals surface area contributed by atoms with E-state index in [1.54, 1.807) is 6.92 Å². The molecule has 3 rings (SSSR count). The van der Waals surface area contributed by atoms with Crippen LogP contribution in [0.5, 0.6) is 0 Å². The number of rotatable bonds is 28. The first kappa shape index (κ1) is 50.6. The number of ether oxygens (including phenoxy) is 6. The summed E-state index contributed by atoms with van der Waals surface area (Å²) in [6.07, 6.45) is -8.45. The van der Waals surface area contributed by atoms with E-state index in [0.717, 1.165) is 11.8 Å². The number of carbonyl (C=O) groups is 5. The van der Waals surface area contributed by atoms with Crippen LogP contribution in [0.15, 0.2) is 30.3 Å². The van der Waals surface area contributed by atoms with Crippen LogP contribution < -0.4 is 26.8 Å². The first-order valence-electron chi connectivity index (χ1n) is 19.9. The number of aliphatic hydroxyl groups is 5. The highest BCUT2D eigenvalue weighted by atomic mass is 16.7. The van der Waals surface area contributed by atoms with Crippen LogP contribution in [0.25, 0.3) is 0 Å². The number of benzene rings is 1. The molecule has 0 aromatic heterocycles. The summed E-state index contributed by atoms with van der Waals surface area (Å²) in [7, 11) is 0. The van der Waals surface area contributed by atoms with Gasteiger partial charge in [0.15, 0.2) is 12.6 Å². The summed E-state index contributed by atoms with van der Waals surface area (Å²) in [5.74, 6) is -1.93. The molecule has 1 aromatic rings. The van der Waals surface area contributed by atoms with Gasteiger partial charge in [-0.2, -0.15) is 0 Å². The minimum absolute atomic E-state index is 0.0216. The van der Waals surface area contributed by atoms with Crippen molar-refractivity contribution in [3.05, 3.63) is 35.9 Å². The van der Waals surface area contributed by atoms with Gasteiger partial charge in [-0.25, -0.2) is 5.43 Å². The molecule has 60 heavy (non-hydrogen) atoms. The Bertz CT molecular complexity index is 1430. The molecule has 4 amide bonds. The molecule has 2 heterocycles. The van der Waals surface area contributed by atoms with Crippen LogP contribution >= 0.6 is 0 Å². The zero-order valence-electron chi connectivity index (χ0n) is 34.0. The Morgan fingerprint density at radius 1 is 0.700 bits per heavy atom. The molecule has 10 N–H and O–H groups in total. The molecule has 0 saturated carbocycles. The highest BCUT2D eigenvalue weighted by molar-refractivity contribution is 5.84. The van der Waals surface area contributed by atoms with Crippen LogP contribution in [-0.2, 0) is 58.8 Å². The molecule has 2 saturated heterocycles. The molecule has 0 spiro atoms. The van der Waals surface area contributed by atoms with Crippen molar-refractivity contribution in [3.8, 4) is 0 Å². The molecule has 2 fully saturated rings. The minimum atomic E-state index is -1.51. The fraction of sp³-hybridized carbons (Fsp3) is 0.711. The van der Waals surface area contributed by atoms with Crippen molar-refractivity contribution in [2.75, 3.05) is 78.9 Å². The fourth-order valence-corrected chi connectivity index (χ4v) is 5.91. The van der Waals surface area contributed by atoms with Gasteiger partial charge >= 0.3 is 0 Å². The van der Waals surface area contributed by atoms with E-state index in [1.807, 2.05) is 30.3 Å². The number of hydrazine groups is 1. The van der Waals surface area contributed by atoms with Gasteiger partial charge in [0, 0.05) is 26.1 Å². The van der Waals surface area contributed by atoms with Crippen molar-refractivity contribution < 1.29 is 77.9 Å². The highest BCUT2D eigenvalue weighted by Crippen LogP contribution is 2.22. The molecule has 2 aliphatic rings. The van der Waals surface area contributed by atoms with Crippen LogP contribution in [0.2, 0.25) is 0 Å². The van der Waals surface area contributed by atoms with Crippen molar-refractivity contribution in [3.63, 3.8) is 0 Å². The zero-order valence-corrected chi connectivity index (χ0v) is 34.0. The summed E-state index contributed by atoms with van der Waals surface area (Å²) in [5, 5.41) is 57.7. The lowest BCUT2D eigenvalue weighted by atomic mass is 10.0. The smallest absolute Gasteiger partial charge is 0.236 e. The van der Waals surface area contributed by atoms with E-state index in [4.69, 9.17) is 28.4 Å². The number of aliphatic hydroxyl groups excluding tert-OH is 5. The second-order valence-electron chi connectivity index (χ2n) is 14.3. The monoisotopic (exact) mass is 858 g/mol. The van der Waals surface area contributed by atoms with E-state index in [1.165, 1.54) is 11.8 Å². The second kappa shape index (κ2) is 28.0. The third-order valence-corrected chi connectivity index (χ3v) is 9.28. The summed E-state index contributed by atoms with van der Waals surface area (Å²) in [4.78, 5) is 63.1. The maximum Gasteiger partial charge on any atom is 0.236 e. The average molecular weight is 859 g/mol. The maximum atomic E-state index is 12.8. The summed E-state index contributed by atoms with van der Waals surface area (Å²) in [6, 6.07) is 8.79. The highest BCUT2D eigenvalue weighted by Gasteiger charge is 2.42. The van der Waals surface area contributed by atoms with Gasteiger partial charge in [-0.05, 0) is 25.8 Å². The van der Waals surface area contributed by atoms with E-state index >= 15 is 0 Å². The van der Waals surface area contributed by atoms with Gasteiger partial charge in [0.05, 0.1) is 90.1 Å². The molecular weight excluding hydrogens is 796 g/mol. The maximum absolute atomic E-state index is 12.8. The summed E-state index contributed by atoms with van der Waals surface area (Å²) < 4.78 is 32.6. The third kappa shape index (κ3) is 19.3. The SMILES string of the molecule is C[C@@H]1O[C@@H](OCCNC(=O)CN(CC(=O)NCCOCCOCCC(=O)NN[C@H](C=O)Cc2ccccc2)CC(=O)NCCO[C@@H]2O[C@@H](C)[C@@H](O)C[C@@H]2O)[C@@H](O)[C@H](O)[C@@H]1O. The van der Waals surface area contributed by atoms with Crippen LogP contribution in [0.1, 0.15) is 32.3 Å². The van der Waals surface area contributed by atoms with Crippen LogP contribution in [0.4, 0.5) is 0 Å². The fourth-order valence-electron chi connectivity index (χ4n) is 5.91. The van der Waals surface area contributed by atoms with E-state index in [2.05, 4.69) is 26.8 Å². The Hall–Kier alpha value is -3.75. The third-order valence-electron chi connectivity index (χ3n) is 9.28. The summed E-state index contributed by atoms with van der Waals surface area (Å²) >= 11 is 0. The predicted octanol–water partition coefficient (Wildman–Crippen LogP) is -4.79. The molecule has 2 aliphatic heterocycles. The Morgan fingerprint density at radius 2 is 1.25 bits per heavy atom. The van der Waals surface area contributed by atoms with Crippen molar-refractivity contribution in [2.24, 2.45) is 0 Å². The van der Waals surface area contributed by atoms with Gasteiger partial charge in [0.2, 0.25) is 23.6 Å². The molecule has 0 unspecified atom stereocenters. The van der Waals surface area contributed by atoms with Gasteiger partial charge in [0.25, 0.3) is 0 Å². The lowest BCUT2D eigenvalue weighted by molar-refractivity contribution is -0.292. The van der Waals surface area contributed by atoms with Crippen LogP contribution in [0.3, 0.4) is 0 Å². The minimum Gasteiger partial charge on any atom is -0.390 e. The van der Waals surface area contributed by atoms with Gasteiger partial charge in [-0.3, -0.25) is 29.5 Å². The Kier molecular flexibility index (Phi) is 23.6. The molecule has 0 radical (unpaired) electrons. The standard InChI is InChI=1S/C38H62N6O16/c1-24-28(46)19-29(47)37(59-24)57-14-10-40-32(50)21-44(22-33(51)41-11-15-58-38-36(54)35(53)34(52)25(2)60-38)20-31(49)39-9-13-56-17-16-55-12-8-30(48)43-42-27(23-45)18-26-6-4-3-5-7-26/h3-7,23-25,27-29,34-38,42,46-47,52-54H,8-22H2,1-2H3,(H,39,49)(H,40,50)(H,41,51)(H,43,48)/t24-,25-,27-,28-,29-,34+,35+,36-,37+,38+/m0/s1. The van der Waals surface area contributed by atoms with Gasteiger partial charge in [-0.15, -0.1) is 0 Å². The predicted molar refractivity (Wildman–Crippen MR) is 208 cm³/mol. The van der Waals surface area contributed by atoms with Crippen molar-refractivity contribution in [1.82, 2.24) is 31.7 Å². The van der Waals surface area contributed by atoms with E-state index < -0.39 is 79.1 Å². The normalized spacial score (nSPS) is 25.9. The second-order valence-corrected chi connectivity index (χ2v) is 14.3. The number of carbonyl (C=O) groups excluding carboxylic acids is 5. The molecule has 0 aliphatic carbocycles. The summed E-state index contributed by atoms with van der Waals surface area (Å²) in [6.45, 7) is 2.63. The topological polar surface area (TPSA) is 305 Å². The number of hydrogen-bond acceptors (Lipinski definition) is 18. The van der Waals surface area contributed by atoms with E-state index in [0.29, 0.717) is 6.42 Å². The summed E-state index contributed by atoms with van der Waals surface area (Å²) in [5.41, 5.74) is 6.15.